The Labute approximate surface area is 210 Å². The van der Waals surface area contributed by atoms with Crippen molar-refractivity contribution in [3.63, 3.8) is 0 Å². The van der Waals surface area contributed by atoms with Crippen LogP contribution in [0.25, 0.3) is 10.4 Å². The summed E-state index contributed by atoms with van der Waals surface area (Å²) in [7, 11) is 1.84. The van der Waals surface area contributed by atoms with Crippen LogP contribution in [-0.2, 0) is 19.2 Å². The predicted molar refractivity (Wildman–Crippen MR) is 135 cm³/mol. The molecule has 1 aliphatic rings. The molecule has 0 atom stereocenters. The fourth-order valence-corrected chi connectivity index (χ4v) is 4.78. The summed E-state index contributed by atoms with van der Waals surface area (Å²) < 4.78 is 31.6. The SMILES string of the molecule is Cn1cc(CNCC2=NC=CCN2Nc2sc(-c3c(F)cc(C(C)(C)O)cc3F)cc2C(N)=O)cn1. The number of aliphatic hydroxyl groups is 1. The third kappa shape index (κ3) is 5.61. The van der Waals surface area contributed by atoms with Gasteiger partial charge in [0.1, 0.15) is 22.5 Å². The Morgan fingerprint density at radius 1 is 1.25 bits per heavy atom. The Kier molecular flexibility index (Phi) is 7.20. The van der Waals surface area contributed by atoms with E-state index in [4.69, 9.17) is 5.73 Å². The van der Waals surface area contributed by atoms with E-state index >= 15 is 0 Å². The van der Waals surface area contributed by atoms with Crippen LogP contribution in [0.3, 0.4) is 0 Å². The van der Waals surface area contributed by atoms with Crippen molar-refractivity contribution in [2.24, 2.45) is 17.8 Å². The zero-order valence-electron chi connectivity index (χ0n) is 20.0. The van der Waals surface area contributed by atoms with Crippen molar-refractivity contribution in [3.8, 4) is 10.4 Å². The van der Waals surface area contributed by atoms with Crippen LogP contribution in [-0.4, -0.2) is 44.7 Å². The summed E-state index contributed by atoms with van der Waals surface area (Å²) in [5, 5.41) is 19.6. The predicted octanol–water partition coefficient (Wildman–Crippen LogP) is 3.10. The van der Waals surface area contributed by atoms with Crippen LogP contribution in [0.4, 0.5) is 13.8 Å². The molecule has 5 N–H and O–H groups in total. The average Bonchev–Trinajstić information content (AvgIpc) is 3.40. The zero-order chi connectivity index (χ0) is 26.0. The number of rotatable bonds is 9. The van der Waals surface area contributed by atoms with Gasteiger partial charge in [-0.1, -0.05) is 0 Å². The quantitative estimate of drug-likeness (QED) is 0.348. The normalized spacial score (nSPS) is 13.7. The van der Waals surface area contributed by atoms with Gasteiger partial charge < -0.3 is 16.2 Å². The summed E-state index contributed by atoms with van der Waals surface area (Å²) in [5.41, 5.74) is 8.20. The smallest absolute Gasteiger partial charge is 0.251 e. The topological polar surface area (TPSA) is 121 Å². The number of amidine groups is 1. The van der Waals surface area contributed by atoms with Crippen molar-refractivity contribution in [1.29, 1.82) is 0 Å². The molecule has 190 valence electrons. The molecule has 3 heterocycles. The first-order valence-corrected chi connectivity index (χ1v) is 11.9. The second-order valence-corrected chi connectivity index (χ2v) is 9.92. The maximum absolute atomic E-state index is 14.9. The number of hydrogen-bond acceptors (Lipinski definition) is 8. The summed E-state index contributed by atoms with van der Waals surface area (Å²) in [6, 6.07) is 3.53. The molecule has 9 nitrogen and oxygen atoms in total. The molecule has 0 saturated carbocycles. The van der Waals surface area contributed by atoms with Crippen molar-refractivity contribution in [2.45, 2.75) is 26.0 Å². The zero-order valence-corrected chi connectivity index (χ0v) is 20.9. The maximum Gasteiger partial charge on any atom is 0.251 e. The minimum absolute atomic E-state index is 0.0950. The number of thiophene rings is 1. The first kappa shape index (κ1) is 25.5. The van der Waals surface area contributed by atoms with Crippen molar-refractivity contribution in [2.75, 3.05) is 18.5 Å². The van der Waals surface area contributed by atoms with E-state index in [0.717, 1.165) is 29.0 Å². The number of primary amides is 1. The number of carbonyl (C=O) groups excluding carboxylic acids is 1. The first-order valence-electron chi connectivity index (χ1n) is 11.1. The molecule has 0 saturated heterocycles. The van der Waals surface area contributed by atoms with Gasteiger partial charge in [0.05, 0.1) is 36.0 Å². The van der Waals surface area contributed by atoms with Crippen molar-refractivity contribution < 1.29 is 18.7 Å². The number of nitrogens with two attached hydrogens (primary N) is 1. The van der Waals surface area contributed by atoms with Crippen LogP contribution in [0.2, 0.25) is 0 Å². The molecule has 0 bridgehead atoms. The molecular formula is C24H27F2N7O2S. The molecule has 0 aliphatic carbocycles. The van der Waals surface area contributed by atoms with E-state index in [1.54, 1.807) is 22.1 Å². The van der Waals surface area contributed by atoms with E-state index < -0.39 is 23.1 Å². The summed E-state index contributed by atoms with van der Waals surface area (Å²) in [4.78, 5) is 16.8. The number of nitrogens with zero attached hydrogens (tertiary/aromatic N) is 4. The molecule has 36 heavy (non-hydrogen) atoms. The van der Waals surface area contributed by atoms with E-state index in [2.05, 4.69) is 20.8 Å². The summed E-state index contributed by atoms with van der Waals surface area (Å²) in [5.74, 6) is -1.79. The second kappa shape index (κ2) is 10.2. The number of nitrogens with one attached hydrogen (secondary N) is 2. The van der Waals surface area contributed by atoms with E-state index in [-0.39, 0.29) is 21.6 Å². The fourth-order valence-electron chi connectivity index (χ4n) is 3.66. The van der Waals surface area contributed by atoms with Gasteiger partial charge in [-0.15, -0.1) is 11.3 Å². The molecular weight excluding hydrogens is 488 g/mol. The lowest BCUT2D eigenvalue weighted by atomic mass is 9.96. The van der Waals surface area contributed by atoms with Gasteiger partial charge in [-0.3, -0.25) is 19.9 Å². The number of anilines is 1. The molecule has 2 aromatic heterocycles. The minimum atomic E-state index is -1.41. The molecule has 4 rings (SSSR count). The number of hydrazine groups is 1. The van der Waals surface area contributed by atoms with Crippen LogP contribution in [0.1, 0.15) is 35.3 Å². The molecule has 12 heteroatoms. The van der Waals surface area contributed by atoms with Crippen LogP contribution in [0, 0.1) is 11.6 Å². The lowest BCUT2D eigenvalue weighted by Gasteiger charge is -2.28. The first-order chi connectivity index (χ1) is 17.0. The summed E-state index contributed by atoms with van der Waals surface area (Å²) in [6.45, 7) is 4.33. The number of hydrogen-bond donors (Lipinski definition) is 4. The Bertz CT molecular complexity index is 1320. The van der Waals surface area contributed by atoms with Gasteiger partial charge >= 0.3 is 0 Å². The Morgan fingerprint density at radius 2 is 1.97 bits per heavy atom. The van der Waals surface area contributed by atoms with E-state index in [0.29, 0.717) is 30.5 Å². The van der Waals surface area contributed by atoms with Gasteiger partial charge in [0.25, 0.3) is 5.91 Å². The Balaban J connectivity index is 1.56. The lowest BCUT2D eigenvalue weighted by molar-refractivity contribution is 0.0778. The molecule has 0 unspecified atom stereocenters. The third-order valence-electron chi connectivity index (χ3n) is 5.53. The van der Waals surface area contributed by atoms with Crippen LogP contribution in [0.15, 0.2) is 47.9 Å². The number of aryl methyl sites for hydroxylation is 1. The van der Waals surface area contributed by atoms with Crippen LogP contribution < -0.4 is 16.5 Å². The average molecular weight is 516 g/mol. The van der Waals surface area contributed by atoms with E-state index in [1.165, 1.54) is 19.9 Å². The summed E-state index contributed by atoms with van der Waals surface area (Å²) >= 11 is 0.995. The highest BCUT2D eigenvalue weighted by molar-refractivity contribution is 7.19. The van der Waals surface area contributed by atoms with Gasteiger partial charge in [-0.05, 0) is 43.7 Å². The highest BCUT2D eigenvalue weighted by atomic mass is 32.1. The van der Waals surface area contributed by atoms with Crippen molar-refractivity contribution in [1.82, 2.24) is 20.1 Å². The lowest BCUT2D eigenvalue weighted by Crippen LogP contribution is -2.43. The number of halogens is 2. The Hall–Kier alpha value is -3.61. The van der Waals surface area contributed by atoms with Gasteiger partial charge in [-0.25, -0.2) is 13.8 Å². The molecule has 0 fully saturated rings. The molecule has 0 spiro atoms. The monoisotopic (exact) mass is 515 g/mol. The number of aromatic nitrogens is 2. The van der Waals surface area contributed by atoms with Crippen LogP contribution >= 0.6 is 11.3 Å². The van der Waals surface area contributed by atoms with Gasteiger partial charge in [0.15, 0.2) is 0 Å². The van der Waals surface area contributed by atoms with Crippen molar-refractivity contribution in [3.05, 3.63) is 71.2 Å². The molecule has 0 radical (unpaired) electrons. The highest BCUT2D eigenvalue weighted by Crippen LogP contribution is 2.39. The van der Waals surface area contributed by atoms with Crippen LogP contribution in [0.5, 0.6) is 0 Å². The number of amides is 1. The molecule has 1 aromatic carbocycles. The van der Waals surface area contributed by atoms with Gasteiger partial charge in [-0.2, -0.15) is 5.10 Å². The van der Waals surface area contributed by atoms with Gasteiger partial charge in [0.2, 0.25) is 0 Å². The fraction of sp³-hybridized carbons (Fsp3) is 0.292. The number of benzene rings is 1. The standard InChI is InChI=1S/C24H27F2N7O2S/c1-24(2,35)15-7-17(25)21(18(26)8-15)19-9-16(22(27)34)23(36-19)31-33-6-4-5-29-20(33)12-28-10-14-11-30-32(3)13-14/h4-5,7-9,11,13,28,31,35H,6,10,12H2,1-3H3,(H2,27,34). The molecule has 3 aromatic rings. The third-order valence-corrected chi connectivity index (χ3v) is 6.59. The molecule has 1 amide bonds. The maximum atomic E-state index is 14.9. The second-order valence-electron chi connectivity index (χ2n) is 8.87. The molecule has 1 aliphatic heterocycles. The number of carbonyl (C=O) groups is 1. The minimum Gasteiger partial charge on any atom is -0.386 e. The number of aliphatic imine (C=N–C) groups is 1. The van der Waals surface area contributed by atoms with E-state index in [1.807, 2.05) is 19.3 Å². The van der Waals surface area contributed by atoms with Gasteiger partial charge in [0, 0.05) is 36.4 Å². The largest absolute Gasteiger partial charge is 0.386 e. The highest BCUT2D eigenvalue weighted by Gasteiger charge is 2.25. The van der Waals surface area contributed by atoms with Crippen molar-refractivity contribution >= 4 is 28.1 Å². The van der Waals surface area contributed by atoms with E-state index in [9.17, 15) is 18.7 Å². The Morgan fingerprint density at radius 3 is 2.58 bits per heavy atom. The summed E-state index contributed by atoms with van der Waals surface area (Å²) in [6.07, 6.45) is 7.18.